The standard InChI is InChI=1S/C15H15Cl2N3O.ClH/c16-13-6-2-4-11(14(13)17)9-21-12-5-1-3-10(7-12)8-20-15(18)19;/h1-7H,8-9H2,(H4,18,19,20);1H. The first kappa shape index (κ1) is 18.4. The van der Waals surface area contributed by atoms with E-state index in [2.05, 4.69) is 5.32 Å². The van der Waals surface area contributed by atoms with E-state index in [0.717, 1.165) is 11.1 Å². The molecule has 0 bridgehead atoms. The molecule has 0 unspecified atom stereocenters. The molecule has 4 nitrogen and oxygen atoms in total. The van der Waals surface area contributed by atoms with Crippen LogP contribution in [0.1, 0.15) is 11.1 Å². The quantitative estimate of drug-likeness (QED) is 0.558. The van der Waals surface area contributed by atoms with Crippen molar-refractivity contribution in [3.63, 3.8) is 0 Å². The lowest BCUT2D eigenvalue weighted by Crippen LogP contribution is -2.29. The minimum absolute atomic E-state index is 0. The molecule has 0 amide bonds. The maximum Gasteiger partial charge on any atom is 0.185 e. The van der Waals surface area contributed by atoms with E-state index < -0.39 is 0 Å². The van der Waals surface area contributed by atoms with Gasteiger partial charge in [-0.2, -0.15) is 0 Å². The van der Waals surface area contributed by atoms with Crippen LogP contribution in [0.4, 0.5) is 0 Å². The predicted octanol–water partition coefficient (Wildman–Crippen LogP) is 3.98. The third-order valence-electron chi connectivity index (χ3n) is 2.81. The molecule has 0 saturated heterocycles. The highest BCUT2D eigenvalue weighted by molar-refractivity contribution is 6.42. The fourth-order valence-corrected chi connectivity index (χ4v) is 2.14. The highest BCUT2D eigenvalue weighted by Crippen LogP contribution is 2.26. The van der Waals surface area contributed by atoms with Gasteiger partial charge in [-0.05, 0) is 23.8 Å². The fourth-order valence-electron chi connectivity index (χ4n) is 1.76. The summed E-state index contributed by atoms with van der Waals surface area (Å²) in [6.07, 6.45) is 0. The van der Waals surface area contributed by atoms with Crippen LogP contribution in [0.5, 0.6) is 5.75 Å². The molecule has 0 saturated carbocycles. The lowest BCUT2D eigenvalue weighted by molar-refractivity contribution is 0.306. The van der Waals surface area contributed by atoms with Crippen molar-refractivity contribution in [1.82, 2.24) is 5.32 Å². The summed E-state index contributed by atoms with van der Waals surface area (Å²) >= 11 is 12.1. The van der Waals surface area contributed by atoms with Crippen molar-refractivity contribution in [2.24, 2.45) is 5.73 Å². The second-order valence-electron chi connectivity index (χ2n) is 4.42. The molecule has 0 aliphatic heterocycles. The summed E-state index contributed by atoms with van der Waals surface area (Å²) in [6, 6.07) is 13.0. The summed E-state index contributed by atoms with van der Waals surface area (Å²) in [5.41, 5.74) is 7.06. The van der Waals surface area contributed by atoms with E-state index in [-0.39, 0.29) is 18.4 Å². The van der Waals surface area contributed by atoms with Gasteiger partial charge in [-0.1, -0.05) is 47.5 Å². The van der Waals surface area contributed by atoms with Gasteiger partial charge < -0.3 is 15.8 Å². The van der Waals surface area contributed by atoms with Crippen molar-refractivity contribution < 1.29 is 4.74 Å². The smallest absolute Gasteiger partial charge is 0.185 e. The minimum Gasteiger partial charge on any atom is -0.489 e. The number of benzene rings is 2. The third kappa shape index (κ3) is 5.30. The second-order valence-corrected chi connectivity index (χ2v) is 5.20. The summed E-state index contributed by atoms with van der Waals surface area (Å²) in [5.74, 6) is 0.654. The molecule has 4 N–H and O–H groups in total. The monoisotopic (exact) mass is 359 g/mol. The SMILES string of the molecule is Cl.N=C(N)NCc1cccc(OCc2cccc(Cl)c2Cl)c1. The second kappa shape index (κ2) is 8.73. The molecule has 2 rings (SSSR count). The van der Waals surface area contributed by atoms with Crippen LogP contribution in [0.2, 0.25) is 10.0 Å². The zero-order valence-corrected chi connectivity index (χ0v) is 13.9. The Morgan fingerprint density at radius 2 is 1.91 bits per heavy atom. The van der Waals surface area contributed by atoms with E-state index in [1.165, 1.54) is 0 Å². The van der Waals surface area contributed by atoms with Crippen molar-refractivity contribution in [2.75, 3.05) is 0 Å². The summed E-state index contributed by atoms with van der Waals surface area (Å²) in [5, 5.41) is 10.9. The topological polar surface area (TPSA) is 71.1 Å². The Morgan fingerprint density at radius 1 is 1.18 bits per heavy atom. The molecule has 0 aliphatic carbocycles. The van der Waals surface area contributed by atoms with Crippen LogP contribution in [0.25, 0.3) is 0 Å². The molecule has 2 aromatic carbocycles. The van der Waals surface area contributed by atoms with Crippen LogP contribution >= 0.6 is 35.6 Å². The number of ether oxygens (including phenoxy) is 1. The zero-order valence-electron chi connectivity index (χ0n) is 11.6. The maximum absolute atomic E-state index is 7.14. The number of guanidine groups is 1. The first-order valence-electron chi connectivity index (χ1n) is 6.29. The summed E-state index contributed by atoms with van der Waals surface area (Å²) in [4.78, 5) is 0. The average molecular weight is 361 g/mol. The molecule has 0 spiro atoms. The summed E-state index contributed by atoms with van der Waals surface area (Å²) in [7, 11) is 0. The Hall–Kier alpha value is -1.62. The first-order valence-corrected chi connectivity index (χ1v) is 7.04. The Kier molecular flexibility index (Phi) is 7.32. The molecule has 118 valence electrons. The third-order valence-corrected chi connectivity index (χ3v) is 3.67. The van der Waals surface area contributed by atoms with Gasteiger partial charge in [0.25, 0.3) is 0 Å². The average Bonchev–Trinajstić information content (AvgIpc) is 2.47. The van der Waals surface area contributed by atoms with E-state index in [1.807, 2.05) is 36.4 Å². The molecule has 2 aromatic rings. The van der Waals surface area contributed by atoms with Crippen molar-refractivity contribution >= 4 is 41.6 Å². The summed E-state index contributed by atoms with van der Waals surface area (Å²) in [6.45, 7) is 0.813. The van der Waals surface area contributed by atoms with Crippen molar-refractivity contribution in [3.8, 4) is 5.75 Å². The molecule has 0 heterocycles. The molecule has 0 aliphatic rings. The van der Waals surface area contributed by atoms with Crippen LogP contribution in [-0.4, -0.2) is 5.96 Å². The molecule has 22 heavy (non-hydrogen) atoms. The molecule has 0 aromatic heterocycles. The fraction of sp³-hybridized carbons (Fsp3) is 0.133. The Labute approximate surface area is 145 Å². The van der Waals surface area contributed by atoms with E-state index in [0.29, 0.717) is 28.9 Å². The minimum atomic E-state index is -0.0629. The predicted molar refractivity (Wildman–Crippen MR) is 93.2 cm³/mol. The number of nitrogens with one attached hydrogen (secondary N) is 2. The van der Waals surface area contributed by atoms with Crippen LogP contribution in [0.15, 0.2) is 42.5 Å². The van der Waals surface area contributed by atoms with E-state index in [4.69, 9.17) is 39.1 Å². The van der Waals surface area contributed by atoms with Gasteiger partial charge in [-0.3, -0.25) is 5.41 Å². The number of rotatable bonds is 5. The number of halogens is 3. The zero-order chi connectivity index (χ0) is 15.2. The Balaban J connectivity index is 0.00000242. The van der Waals surface area contributed by atoms with Crippen molar-refractivity contribution in [3.05, 3.63) is 63.6 Å². The highest BCUT2D eigenvalue weighted by atomic mass is 35.5. The number of hydrogen-bond donors (Lipinski definition) is 3. The van der Waals surface area contributed by atoms with Gasteiger partial charge in [-0.25, -0.2) is 0 Å². The largest absolute Gasteiger partial charge is 0.489 e. The normalized spacial score (nSPS) is 9.73. The molecular weight excluding hydrogens is 345 g/mol. The van der Waals surface area contributed by atoms with Gasteiger partial charge in [0.05, 0.1) is 10.0 Å². The molecule has 7 heteroatoms. The van der Waals surface area contributed by atoms with E-state index in [9.17, 15) is 0 Å². The lowest BCUT2D eigenvalue weighted by atomic mass is 10.2. The van der Waals surface area contributed by atoms with Crippen LogP contribution in [0, 0.1) is 5.41 Å². The van der Waals surface area contributed by atoms with Gasteiger partial charge in [0.15, 0.2) is 5.96 Å². The molecule has 0 atom stereocenters. The van der Waals surface area contributed by atoms with Gasteiger partial charge in [0, 0.05) is 12.1 Å². The van der Waals surface area contributed by atoms with E-state index in [1.54, 1.807) is 6.07 Å². The van der Waals surface area contributed by atoms with Crippen LogP contribution < -0.4 is 15.8 Å². The maximum atomic E-state index is 7.14. The van der Waals surface area contributed by atoms with Gasteiger partial charge >= 0.3 is 0 Å². The Bertz CT molecular complexity index is 650. The van der Waals surface area contributed by atoms with Crippen LogP contribution in [0.3, 0.4) is 0 Å². The Morgan fingerprint density at radius 3 is 2.64 bits per heavy atom. The van der Waals surface area contributed by atoms with Crippen molar-refractivity contribution in [2.45, 2.75) is 13.2 Å². The van der Waals surface area contributed by atoms with Crippen LogP contribution in [-0.2, 0) is 13.2 Å². The molecule has 0 fully saturated rings. The van der Waals surface area contributed by atoms with Gasteiger partial charge in [0.2, 0.25) is 0 Å². The summed E-state index contributed by atoms with van der Waals surface area (Å²) < 4.78 is 5.72. The number of hydrogen-bond acceptors (Lipinski definition) is 2. The van der Waals surface area contributed by atoms with Gasteiger partial charge in [0.1, 0.15) is 12.4 Å². The molecule has 0 radical (unpaired) electrons. The van der Waals surface area contributed by atoms with Crippen molar-refractivity contribution in [1.29, 1.82) is 5.41 Å². The van der Waals surface area contributed by atoms with E-state index >= 15 is 0 Å². The number of nitrogens with two attached hydrogens (primary N) is 1. The molecular formula is C15H16Cl3N3O. The first-order chi connectivity index (χ1) is 10.1. The van der Waals surface area contributed by atoms with Gasteiger partial charge in [-0.15, -0.1) is 12.4 Å². The highest BCUT2D eigenvalue weighted by Gasteiger charge is 2.05. The lowest BCUT2D eigenvalue weighted by Gasteiger charge is -2.10.